The largest absolute Gasteiger partial charge is 0.297 e. The summed E-state index contributed by atoms with van der Waals surface area (Å²) in [5.74, 6) is 4.79. The normalized spacial score (nSPS) is 11.5. The van der Waals surface area contributed by atoms with E-state index in [0.717, 1.165) is 0 Å². The quantitative estimate of drug-likeness (QED) is 0.572. The maximum absolute atomic E-state index is 11.8. The van der Waals surface area contributed by atoms with Crippen LogP contribution in [0.3, 0.4) is 0 Å². The molecule has 0 aliphatic rings. The lowest BCUT2D eigenvalue weighted by Gasteiger charge is -2.02. The molecule has 8 heteroatoms. The minimum atomic E-state index is -3.88. The molecule has 0 aromatic heterocycles. The van der Waals surface area contributed by atoms with E-state index in [2.05, 4.69) is 11.8 Å². The van der Waals surface area contributed by atoms with Crippen LogP contribution in [0.2, 0.25) is 0 Å². The summed E-state index contributed by atoms with van der Waals surface area (Å²) in [7, 11) is -7.76. The van der Waals surface area contributed by atoms with Crippen molar-refractivity contribution in [3.8, 4) is 11.8 Å². The van der Waals surface area contributed by atoms with E-state index in [9.17, 15) is 16.8 Å². The summed E-state index contributed by atoms with van der Waals surface area (Å²) in [6, 6.07) is 15.3. The third kappa shape index (κ3) is 5.18. The summed E-state index contributed by atoms with van der Waals surface area (Å²) in [6.07, 6.45) is 0. The van der Waals surface area contributed by atoms with E-state index in [4.69, 9.17) is 8.37 Å². The number of rotatable bonds is 6. The molecule has 0 saturated heterocycles. The van der Waals surface area contributed by atoms with Crippen LogP contribution >= 0.6 is 0 Å². The van der Waals surface area contributed by atoms with E-state index in [1.807, 2.05) is 0 Å². The first kappa shape index (κ1) is 18.2. The first-order valence-electron chi connectivity index (χ1n) is 6.76. The standard InChI is InChI=1S/C16H14O6S2/c17-23(18,15-9-3-1-4-10-15)21-13-7-8-14-22-24(19,20)16-11-5-2-6-12-16/h1-6,9-12H,13-14H2. The summed E-state index contributed by atoms with van der Waals surface area (Å²) in [6.45, 7) is -0.794. The average Bonchev–Trinajstić information content (AvgIpc) is 2.59. The van der Waals surface area contributed by atoms with Crippen molar-refractivity contribution in [1.82, 2.24) is 0 Å². The van der Waals surface area contributed by atoms with Gasteiger partial charge in [-0.1, -0.05) is 48.2 Å². The minimum absolute atomic E-state index is 0.0229. The molecule has 0 N–H and O–H groups in total. The lowest BCUT2D eigenvalue weighted by Crippen LogP contribution is -2.07. The number of hydrogen-bond acceptors (Lipinski definition) is 6. The third-order valence-electron chi connectivity index (χ3n) is 2.76. The average molecular weight is 366 g/mol. The predicted octanol–water partition coefficient (Wildman–Crippen LogP) is 1.80. The van der Waals surface area contributed by atoms with Crippen molar-refractivity contribution < 1.29 is 25.2 Å². The SMILES string of the molecule is O=S(=O)(OCC#CCOS(=O)(=O)c1ccccc1)c1ccccc1. The van der Waals surface area contributed by atoms with Crippen LogP contribution in [0, 0.1) is 11.8 Å². The molecule has 0 fully saturated rings. The van der Waals surface area contributed by atoms with Gasteiger partial charge >= 0.3 is 0 Å². The van der Waals surface area contributed by atoms with E-state index in [-0.39, 0.29) is 9.79 Å². The summed E-state index contributed by atoms with van der Waals surface area (Å²) < 4.78 is 56.6. The van der Waals surface area contributed by atoms with Crippen LogP contribution in [-0.2, 0) is 28.6 Å². The molecule has 0 bridgehead atoms. The molecule has 0 radical (unpaired) electrons. The highest BCUT2D eigenvalue weighted by molar-refractivity contribution is 7.87. The van der Waals surface area contributed by atoms with Crippen LogP contribution in [0.1, 0.15) is 0 Å². The van der Waals surface area contributed by atoms with E-state index < -0.39 is 33.5 Å². The van der Waals surface area contributed by atoms with Crippen molar-refractivity contribution in [1.29, 1.82) is 0 Å². The molecule has 2 aromatic carbocycles. The molecule has 2 rings (SSSR count). The number of hydrogen-bond donors (Lipinski definition) is 0. The van der Waals surface area contributed by atoms with Crippen molar-refractivity contribution in [2.75, 3.05) is 13.2 Å². The first-order valence-corrected chi connectivity index (χ1v) is 9.58. The molecule has 6 nitrogen and oxygen atoms in total. The summed E-state index contributed by atoms with van der Waals surface area (Å²) >= 11 is 0. The van der Waals surface area contributed by atoms with Gasteiger partial charge < -0.3 is 0 Å². The second-order valence-corrected chi connectivity index (χ2v) is 7.64. The molecule has 0 saturated carbocycles. The van der Waals surface area contributed by atoms with Crippen molar-refractivity contribution in [2.24, 2.45) is 0 Å². The molecule has 0 aliphatic heterocycles. The highest BCUT2D eigenvalue weighted by atomic mass is 32.2. The van der Waals surface area contributed by atoms with Gasteiger partial charge in [0.2, 0.25) is 0 Å². The van der Waals surface area contributed by atoms with Crippen molar-refractivity contribution in [2.45, 2.75) is 9.79 Å². The van der Waals surface area contributed by atoms with Crippen LogP contribution in [0.15, 0.2) is 70.5 Å². The molecule has 0 heterocycles. The second-order valence-electron chi connectivity index (χ2n) is 4.41. The van der Waals surface area contributed by atoms with Gasteiger partial charge in [0.05, 0.1) is 9.79 Å². The Morgan fingerprint density at radius 1 is 0.625 bits per heavy atom. The van der Waals surface area contributed by atoms with Gasteiger partial charge in [0, 0.05) is 0 Å². The molecule has 2 aromatic rings. The van der Waals surface area contributed by atoms with Crippen molar-refractivity contribution >= 4 is 20.2 Å². The lowest BCUT2D eigenvalue weighted by atomic mass is 10.4. The maximum Gasteiger partial charge on any atom is 0.297 e. The second kappa shape index (κ2) is 8.08. The predicted molar refractivity (Wildman–Crippen MR) is 86.9 cm³/mol. The Balaban J connectivity index is 1.85. The van der Waals surface area contributed by atoms with Gasteiger partial charge in [-0.15, -0.1) is 0 Å². The molecule has 0 spiro atoms. The molecule has 24 heavy (non-hydrogen) atoms. The Kier molecular flexibility index (Phi) is 6.11. The molecular weight excluding hydrogens is 352 g/mol. The molecule has 0 unspecified atom stereocenters. The summed E-state index contributed by atoms with van der Waals surface area (Å²) in [5.41, 5.74) is 0. The Morgan fingerprint density at radius 3 is 1.29 bits per heavy atom. The summed E-state index contributed by atoms with van der Waals surface area (Å²) in [5, 5.41) is 0. The zero-order valence-electron chi connectivity index (χ0n) is 12.5. The summed E-state index contributed by atoms with van der Waals surface area (Å²) in [4.78, 5) is 0.0458. The van der Waals surface area contributed by atoms with Crippen molar-refractivity contribution in [3.63, 3.8) is 0 Å². The maximum atomic E-state index is 11.8. The Labute approximate surface area is 141 Å². The highest BCUT2D eigenvalue weighted by Gasteiger charge is 2.14. The van der Waals surface area contributed by atoms with Crippen LogP contribution in [-0.4, -0.2) is 30.0 Å². The van der Waals surface area contributed by atoms with Crippen LogP contribution in [0.4, 0.5) is 0 Å². The van der Waals surface area contributed by atoms with Gasteiger partial charge in [0.25, 0.3) is 20.2 Å². The Hall–Kier alpha value is -2.18. The van der Waals surface area contributed by atoms with Gasteiger partial charge in [-0.05, 0) is 24.3 Å². The van der Waals surface area contributed by atoms with Gasteiger partial charge in [-0.3, -0.25) is 8.37 Å². The Bertz CT molecular complexity index is 847. The van der Waals surface area contributed by atoms with Crippen molar-refractivity contribution in [3.05, 3.63) is 60.7 Å². The van der Waals surface area contributed by atoms with Gasteiger partial charge in [0.1, 0.15) is 13.2 Å². The molecular formula is C16H14O6S2. The van der Waals surface area contributed by atoms with E-state index in [1.54, 1.807) is 36.4 Å². The molecule has 126 valence electrons. The monoisotopic (exact) mass is 366 g/mol. The fourth-order valence-electron chi connectivity index (χ4n) is 1.63. The van der Waals surface area contributed by atoms with E-state index >= 15 is 0 Å². The zero-order chi connectivity index (χ0) is 17.5. The van der Waals surface area contributed by atoms with Crippen LogP contribution in [0.5, 0.6) is 0 Å². The molecule has 0 aliphatic carbocycles. The van der Waals surface area contributed by atoms with Crippen LogP contribution < -0.4 is 0 Å². The molecule has 0 atom stereocenters. The van der Waals surface area contributed by atoms with Gasteiger partial charge in [-0.2, -0.15) is 16.8 Å². The van der Waals surface area contributed by atoms with Gasteiger partial charge in [-0.25, -0.2) is 0 Å². The smallest absolute Gasteiger partial charge is 0.253 e. The van der Waals surface area contributed by atoms with E-state index in [1.165, 1.54) is 24.3 Å². The third-order valence-corrected chi connectivity index (χ3v) is 5.32. The zero-order valence-corrected chi connectivity index (χ0v) is 14.1. The van der Waals surface area contributed by atoms with E-state index in [0.29, 0.717) is 0 Å². The number of benzene rings is 2. The fourth-order valence-corrected chi connectivity index (χ4v) is 3.31. The lowest BCUT2D eigenvalue weighted by molar-refractivity contribution is 0.355. The Morgan fingerprint density at radius 2 is 0.958 bits per heavy atom. The minimum Gasteiger partial charge on any atom is -0.253 e. The molecule has 0 amide bonds. The topological polar surface area (TPSA) is 86.7 Å². The van der Waals surface area contributed by atoms with Crippen LogP contribution in [0.25, 0.3) is 0 Å². The highest BCUT2D eigenvalue weighted by Crippen LogP contribution is 2.11. The first-order chi connectivity index (χ1) is 11.4. The van der Waals surface area contributed by atoms with Gasteiger partial charge in [0.15, 0.2) is 0 Å². The fraction of sp³-hybridized carbons (Fsp3) is 0.125.